The second kappa shape index (κ2) is 8.05. The average molecular weight is 424 g/mol. The van der Waals surface area contributed by atoms with Crippen LogP contribution in [0.25, 0.3) is 0 Å². The number of aromatic nitrogens is 2. The molecule has 0 radical (unpaired) electrons. The number of pyridine rings is 2. The van der Waals surface area contributed by atoms with Gasteiger partial charge >= 0.3 is 5.97 Å². The number of ether oxygens (including phenoxy) is 2. The van der Waals surface area contributed by atoms with Crippen LogP contribution in [-0.2, 0) is 9.59 Å². The molecule has 2 saturated heterocycles. The predicted molar refractivity (Wildman–Crippen MR) is 111 cm³/mol. The van der Waals surface area contributed by atoms with Gasteiger partial charge in [-0.2, -0.15) is 0 Å². The lowest BCUT2D eigenvalue weighted by atomic mass is 10.0. The van der Waals surface area contributed by atoms with E-state index in [0.717, 1.165) is 5.82 Å². The molecule has 0 aromatic carbocycles. The van der Waals surface area contributed by atoms with E-state index in [1.807, 2.05) is 17.0 Å². The highest BCUT2D eigenvalue weighted by molar-refractivity contribution is 5.98. The molecule has 31 heavy (non-hydrogen) atoms. The van der Waals surface area contributed by atoms with E-state index < -0.39 is 12.1 Å². The van der Waals surface area contributed by atoms with Crippen LogP contribution in [0.3, 0.4) is 0 Å². The Balaban J connectivity index is 1.15. The summed E-state index contributed by atoms with van der Waals surface area (Å²) in [4.78, 5) is 36.0. The fraction of sp³-hybridized carbons (Fsp3) is 0.455. The number of carboxylic acid groups (broad SMARTS) is 1. The first-order valence-corrected chi connectivity index (χ1v) is 10.6. The normalized spacial score (nSPS) is 21.2. The van der Waals surface area contributed by atoms with Gasteiger partial charge in [0.25, 0.3) is 5.91 Å². The molecule has 2 aliphatic heterocycles. The van der Waals surface area contributed by atoms with E-state index in [0.29, 0.717) is 55.9 Å². The van der Waals surface area contributed by atoms with E-state index in [1.165, 1.54) is 12.8 Å². The number of hydrogen-bond acceptors (Lipinski definition) is 7. The average Bonchev–Trinajstić information content (AvgIpc) is 3.50. The summed E-state index contributed by atoms with van der Waals surface area (Å²) in [6.07, 6.45) is 5.70. The van der Waals surface area contributed by atoms with E-state index in [1.54, 1.807) is 29.4 Å². The zero-order valence-corrected chi connectivity index (χ0v) is 17.0. The van der Waals surface area contributed by atoms with Crippen LogP contribution in [0, 0.1) is 11.8 Å². The van der Waals surface area contributed by atoms with Gasteiger partial charge in [-0.1, -0.05) is 0 Å². The van der Waals surface area contributed by atoms with Gasteiger partial charge < -0.3 is 24.4 Å². The van der Waals surface area contributed by atoms with Crippen molar-refractivity contribution in [2.24, 2.45) is 11.8 Å². The molecule has 0 unspecified atom stereocenters. The Bertz CT molecular complexity index is 955. The Kier molecular flexibility index (Phi) is 5.09. The number of aliphatic carboxylic acids is 1. The third-order valence-electron chi connectivity index (χ3n) is 5.91. The second-order valence-electron chi connectivity index (χ2n) is 8.29. The number of rotatable bonds is 8. The molecule has 1 saturated carbocycles. The molecule has 3 aliphatic rings. The number of hydrogen-bond donors (Lipinski definition) is 1. The lowest BCUT2D eigenvalue weighted by Gasteiger charge is -2.37. The molecule has 0 bridgehead atoms. The maximum Gasteiger partial charge on any atom is 0.310 e. The van der Waals surface area contributed by atoms with Gasteiger partial charge in [0.15, 0.2) is 6.10 Å². The lowest BCUT2D eigenvalue weighted by Crippen LogP contribution is -2.50. The first-order chi connectivity index (χ1) is 15.1. The van der Waals surface area contributed by atoms with Gasteiger partial charge in [-0.15, -0.1) is 0 Å². The fourth-order valence-corrected chi connectivity index (χ4v) is 3.74. The van der Waals surface area contributed by atoms with Gasteiger partial charge in [-0.05, 0) is 37.0 Å². The van der Waals surface area contributed by atoms with Crippen molar-refractivity contribution in [3.05, 3.63) is 36.7 Å². The minimum atomic E-state index is -0.780. The monoisotopic (exact) mass is 424 g/mol. The van der Waals surface area contributed by atoms with E-state index in [4.69, 9.17) is 14.6 Å². The van der Waals surface area contributed by atoms with Crippen LogP contribution in [0.2, 0.25) is 0 Å². The smallest absolute Gasteiger partial charge is 0.310 e. The van der Waals surface area contributed by atoms with E-state index in [2.05, 4.69) is 9.97 Å². The van der Waals surface area contributed by atoms with E-state index >= 15 is 0 Å². The molecule has 1 aliphatic carbocycles. The first kappa shape index (κ1) is 19.6. The first-order valence-electron chi connectivity index (χ1n) is 10.6. The molecule has 3 fully saturated rings. The molecule has 162 valence electrons. The highest BCUT2D eigenvalue weighted by Crippen LogP contribution is 2.30. The standard InChI is InChI=1S/C22H24N4O5/c27-21-18(31-17-4-6-20(24-10-17)30-13-14-1-2-14)7-8-26(21)16-3-5-19(23-9-16)25-11-15(12-25)22(28)29/h3-6,9-10,14-15,18H,1-2,7-8,11-13H2,(H,28,29)/t18-/m1/s1. The van der Waals surface area contributed by atoms with Gasteiger partial charge in [-0.25, -0.2) is 9.97 Å². The van der Waals surface area contributed by atoms with Gasteiger partial charge in [0, 0.05) is 32.1 Å². The Morgan fingerprint density at radius 1 is 1.10 bits per heavy atom. The molecule has 4 heterocycles. The summed E-state index contributed by atoms with van der Waals surface area (Å²) in [6, 6.07) is 7.20. The number of carbonyl (C=O) groups is 2. The Labute approximate surface area is 179 Å². The minimum Gasteiger partial charge on any atom is -0.481 e. The molecule has 2 aromatic rings. The van der Waals surface area contributed by atoms with Gasteiger partial charge in [0.1, 0.15) is 11.6 Å². The highest BCUT2D eigenvalue weighted by atomic mass is 16.5. The molecule has 5 rings (SSSR count). The number of nitrogens with zero attached hydrogens (tertiary/aromatic N) is 4. The van der Waals surface area contributed by atoms with Crippen LogP contribution in [0.5, 0.6) is 11.6 Å². The molecule has 0 spiro atoms. The quantitative estimate of drug-likeness (QED) is 0.686. The summed E-state index contributed by atoms with van der Waals surface area (Å²) in [6.45, 7) is 2.16. The van der Waals surface area contributed by atoms with Crippen LogP contribution in [-0.4, -0.2) is 59.3 Å². The van der Waals surface area contributed by atoms with Crippen molar-refractivity contribution in [3.8, 4) is 11.6 Å². The SMILES string of the molecule is O=C(O)C1CN(c2ccc(N3CC[C@@H](Oc4ccc(OCC5CC5)nc4)C3=O)cn2)C1. The summed E-state index contributed by atoms with van der Waals surface area (Å²) < 4.78 is 11.5. The Morgan fingerprint density at radius 2 is 1.94 bits per heavy atom. The lowest BCUT2D eigenvalue weighted by molar-refractivity contribution is -0.142. The summed E-state index contributed by atoms with van der Waals surface area (Å²) in [5, 5.41) is 8.99. The largest absolute Gasteiger partial charge is 0.481 e. The third-order valence-corrected chi connectivity index (χ3v) is 5.91. The van der Waals surface area contributed by atoms with Crippen LogP contribution < -0.4 is 19.3 Å². The van der Waals surface area contributed by atoms with Crippen molar-refractivity contribution >= 4 is 23.4 Å². The van der Waals surface area contributed by atoms with Crippen molar-refractivity contribution in [2.75, 3.05) is 36.0 Å². The van der Waals surface area contributed by atoms with Crippen molar-refractivity contribution in [2.45, 2.75) is 25.4 Å². The zero-order chi connectivity index (χ0) is 21.4. The van der Waals surface area contributed by atoms with E-state index in [9.17, 15) is 9.59 Å². The summed E-state index contributed by atoms with van der Waals surface area (Å²) in [5.41, 5.74) is 0.706. The van der Waals surface area contributed by atoms with Crippen molar-refractivity contribution < 1.29 is 24.2 Å². The molecule has 2 aromatic heterocycles. The summed E-state index contributed by atoms with van der Waals surface area (Å²) >= 11 is 0. The van der Waals surface area contributed by atoms with Crippen LogP contribution in [0.4, 0.5) is 11.5 Å². The van der Waals surface area contributed by atoms with Gasteiger partial charge in [0.2, 0.25) is 5.88 Å². The maximum atomic E-state index is 12.8. The highest BCUT2D eigenvalue weighted by Gasteiger charge is 2.36. The zero-order valence-electron chi connectivity index (χ0n) is 17.0. The van der Waals surface area contributed by atoms with Crippen LogP contribution >= 0.6 is 0 Å². The maximum absolute atomic E-state index is 12.8. The van der Waals surface area contributed by atoms with Gasteiger partial charge in [0.05, 0.1) is 30.6 Å². The molecule has 1 atom stereocenters. The topological polar surface area (TPSA) is 105 Å². The molecule has 1 amide bonds. The van der Waals surface area contributed by atoms with E-state index in [-0.39, 0.29) is 11.8 Å². The Morgan fingerprint density at radius 3 is 2.58 bits per heavy atom. The van der Waals surface area contributed by atoms with Crippen molar-refractivity contribution in [1.29, 1.82) is 0 Å². The Hall–Kier alpha value is -3.36. The number of carboxylic acids is 1. The third kappa shape index (κ3) is 4.26. The second-order valence-corrected chi connectivity index (χ2v) is 8.29. The summed E-state index contributed by atoms with van der Waals surface area (Å²) in [7, 11) is 0. The predicted octanol–water partition coefficient (Wildman–Crippen LogP) is 1.97. The number of carbonyl (C=O) groups excluding carboxylic acids is 1. The fourth-order valence-electron chi connectivity index (χ4n) is 3.74. The molecule has 9 nitrogen and oxygen atoms in total. The number of anilines is 2. The molecule has 1 N–H and O–H groups in total. The molecular formula is C22H24N4O5. The number of amides is 1. The molecular weight excluding hydrogens is 400 g/mol. The van der Waals surface area contributed by atoms with Gasteiger partial charge in [-0.3, -0.25) is 9.59 Å². The van der Waals surface area contributed by atoms with Crippen LogP contribution in [0.1, 0.15) is 19.3 Å². The van der Waals surface area contributed by atoms with Crippen LogP contribution in [0.15, 0.2) is 36.7 Å². The van der Waals surface area contributed by atoms with Crippen molar-refractivity contribution in [3.63, 3.8) is 0 Å². The summed E-state index contributed by atoms with van der Waals surface area (Å²) in [5.74, 6) is 1.26. The van der Waals surface area contributed by atoms with Crippen molar-refractivity contribution in [1.82, 2.24) is 9.97 Å². The molecule has 9 heteroatoms. The minimum absolute atomic E-state index is 0.112.